The molecule has 34 heavy (non-hydrogen) atoms. The first-order valence-corrected chi connectivity index (χ1v) is 11.9. The van der Waals surface area contributed by atoms with E-state index in [2.05, 4.69) is 10.6 Å². The van der Waals surface area contributed by atoms with Crippen LogP contribution in [-0.2, 0) is 19.1 Å². The van der Waals surface area contributed by atoms with Crippen LogP contribution in [0.3, 0.4) is 0 Å². The summed E-state index contributed by atoms with van der Waals surface area (Å²) in [6.07, 6.45) is 1.92. The predicted octanol–water partition coefficient (Wildman–Crippen LogP) is 2.79. The highest BCUT2D eigenvalue weighted by molar-refractivity contribution is 5.95. The van der Waals surface area contributed by atoms with Crippen molar-refractivity contribution in [1.29, 1.82) is 0 Å². The van der Waals surface area contributed by atoms with E-state index in [1.54, 1.807) is 45.0 Å². The molecule has 1 aliphatic carbocycles. The lowest BCUT2D eigenvalue weighted by atomic mass is 10.0. The fourth-order valence-corrected chi connectivity index (χ4v) is 3.80. The zero-order chi connectivity index (χ0) is 25.5. The minimum absolute atomic E-state index is 0.0684. The van der Waals surface area contributed by atoms with E-state index in [0.29, 0.717) is 5.56 Å². The first kappa shape index (κ1) is 27.1. The van der Waals surface area contributed by atoms with E-state index in [9.17, 15) is 19.2 Å². The summed E-state index contributed by atoms with van der Waals surface area (Å²) < 4.78 is 5.28. The number of nitrogens with zero attached hydrogens (tertiary/aromatic N) is 1. The molecular weight excluding hydrogens is 436 g/mol. The van der Waals surface area contributed by atoms with Gasteiger partial charge >= 0.3 is 6.09 Å². The largest absolute Gasteiger partial charge is 0.444 e. The van der Waals surface area contributed by atoms with Gasteiger partial charge in [-0.05, 0) is 52.5 Å². The van der Waals surface area contributed by atoms with Gasteiger partial charge in [0.25, 0.3) is 0 Å². The van der Waals surface area contributed by atoms with Crippen molar-refractivity contribution in [3.8, 4) is 0 Å². The second kappa shape index (κ2) is 11.9. The lowest BCUT2D eigenvalue weighted by Crippen LogP contribution is -2.55. The van der Waals surface area contributed by atoms with Gasteiger partial charge in [0.2, 0.25) is 17.7 Å². The number of rotatable bonds is 11. The topological polar surface area (TPSA) is 131 Å². The van der Waals surface area contributed by atoms with E-state index in [1.807, 2.05) is 19.9 Å². The van der Waals surface area contributed by atoms with Gasteiger partial charge < -0.3 is 26.0 Å². The van der Waals surface area contributed by atoms with Crippen molar-refractivity contribution >= 4 is 23.8 Å². The molecule has 0 aromatic heterocycles. The zero-order valence-corrected chi connectivity index (χ0v) is 20.8. The minimum Gasteiger partial charge on any atom is -0.444 e. The third kappa shape index (κ3) is 8.35. The molecule has 1 saturated carbocycles. The van der Waals surface area contributed by atoms with Crippen LogP contribution in [0.2, 0.25) is 0 Å². The van der Waals surface area contributed by atoms with Gasteiger partial charge in [0.05, 0.1) is 6.42 Å². The Balaban J connectivity index is 2.39. The summed E-state index contributed by atoms with van der Waals surface area (Å²) in [5, 5.41) is 5.50. The van der Waals surface area contributed by atoms with E-state index in [4.69, 9.17) is 10.5 Å². The Kier molecular flexibility index (Phi) is 9.46. The van der Waals surface area contributed by atoms with E-state index >= 15 is 0 Å². The minimum atomic E-state index is -1.25. The molecule has 1 aliphatic rings. The van der Waals surface area contributed by atoms with E-state index in [1.165, 1.54) is 4.90 Å². The average molecular weight is 475 g/mol. The van der Waals surface area contributed by atoms with Gasteiger partial charge in [0.15, 0.2) is 0 Å². The number of primary amides is 1. The third-order valence-electron chi connectivity index (χ3n) is 5.34. The third-order valence-corrected chi connectivity index (χ3v) is 5.34. The molecule has 0 heterocycles. The maximum atomic E-state index is 13.8. The van der Waals surface area contributed by atoms with Gasteiger partial charge in [0, 0.05) is 12.1 Å². The number of hydrogen-bond donors (Lipinski definition) is 3. The molecule has 9 heteroatoms. The zero-order valence-electron chi connectivity index (χ0n) is 20.8. The van der Waals surface area contributed by atoms with Crippen molar-refractivity contribution in [2.24, 2.45) is 5.73 Å². The van der Waals surface area contributed by atoms with Gasteiger partial charge in [-0.15, -0.1) is 0 Å². The number of nitrogens with one attached hydrogen (secondary N) is 2. The first-order chi connectivity index (χ1) is 15.9. The van der Waals surface area contributed by atoms with Crippen LogP contribution in [0.25, 0.3) is 0 Å². The molecule has 3 unspecified atom stereocenters. The van der Waals surface area contributed by atoms with Crippen LogP contribution < -0.4 is 16.4 Å². The number of carbonyl (C=O) groups is 4. The highest BCUT2D eigenvalue weighted by atomic mass is 16.6. The van der Waals surface area contributed by atoms with Crippen molar-refractivity contribution in [1.82, 2.24) is 15.5 Å². The van der Waals surface area contributed by atoms with Crippen LogP contribution in [0.5, 0.6) is 0 Å². The SMILES string of the molecule is CCCC(C)NC(=O)C(c1ccccc1)N(C(=O)C(CC(N)=O)NC(=O)OC(C)(C)C)C1CC1. The predicted molar refractivity (Wildman–Crippen MR) is 129 cm³/mol. The highest BCUT2D eigenvalue weighted by Gasteiger charge is 2.44. The van der Waals surface area contributed by atoms with Gasteiger partial charge in [-0.25, -0.2) is 4.79 Å². The van der Waals surface area contributed by atoms with Gasteiger partial charge in [-0.1, -0.05) is 43.7 Å². The van der Waals surface area contributed by atoms with Gasteiger partial charge in [0.1, 0.15) is 17.7 Å². The summed E-state index contributed by atoms with van der Waals surface area (Å²) in [6.45, 7) is 9.05. The standard InChI is InChI=1S/C25H38N4O5/c1-6-10-16(2)27-22(31)21(17-11-8-7-9-12-17)29(18-13-14-18)23(32)19(15-20(26)30)28-24(33)34-25(3,4)5/h7-9,11-12,16,18-19,21H,6,10,13-15H2,1-5H3,(H2,26,30)(H,27,31)(H,28,33). The molecule has 0 spiro atoms. The fraction of sp³-hybridized carbons (Fsp3) is 0.600. The number of hydrogen-bond acceptors (Lipinski definition) is 5. The summed E-state index contributed by atoms with van der Waals surface area (Å²) >= 11 is 0. The Morgan fingerprint density at radius 2 is 1.74 bits per heavy atom. The second-order valence-electron chi connectivity index (χ2n) is 9.86. The molecule has 1 aromatic rings. The summed E-state index contributed by atoms with van der Waals surface area (Å²) in [5.41, 5.74) is 5.25. The molecule has 188 valence electrons. The van der Waals surface area contributed by atoms with E-state index < -0.39 is 42.0 Å². The molecule has 0 aliphatic heterocycles. The maximum Gasteiger partial charge on any atom is 0.408 e. The summed E-state index contributed by atoms with van der Waals surface area (Å²) in [5.74, 6) is -1.59. The number of ether oxygens (including phenoxy) is 1. The Hall–Kier alpha value is -3.10. The second-order valence-corrected chi connectivity index (χ2v) is 9.86. The molecule has 0 bridgehead atoms. The Morgan fingerprint density at radius 1 is 1.12 bits per heavy atom. The number of nitrogens with two attached hydrogens (primary N) is 1. The Labute approximate surface area is 201 Å². The lowest BCUT2D eigenvalue weighted by molar-refractivity contribution is -0.144. The number of carbonyl (C=O) groups excluding carboxylic acids is 4. The van der Waals surface area contributed by atoms with Crippen molar-refractivity contribution in [2.75, 3.05) is 0 Å². The quantitative estimate of drug-likeness (QED) is 0.454. The van der Waals surface area contributed by atoms with Crippen LogP contribution in [-0.4, -0.2) is 52.4 Å². The molecular formula is C25H38N4O5. The summed E-state index contributed by atoms with van der Waals surface area (Å²) in [4.78, 5) is 52.9. The molecule has 1 aromatic carbocycles. The smallest absolute Gasteiger partial charge is 0.408 e. The molecule has 0 radical (unpaired) electrons. The van der Waals surface area contributed by atoms with Crippen LogP contribution >= 0.6 is 0 Å². The van der Waals surface area contributed by atoms with Crippen LogP contribution in [0.15, 0.2) is 30.3 Å². The summed E-state index contributed by atoms with van der Waals surface area (Å²) in [7, 11) is 0. The fourth-order valence-electron chi connectivity index (χ4n) is 3.80. The van der Waals surface area contributed by atoms with Crippen LogP contribution in [0.4, 0.5) is 4.79 Å². The average Bonchev–Trinajstić information content (AvgIpc) is 3.54. The highest BCUT2D eigenvalue weighted by Crippen LogP contribution is 2.36. The normalized spacial score (nSPS) is 16.0. The van der Waals surface area contributed by atoms with E-state index in [0.717, 1.165) is 25.7 Å². The number of alkyl carbamates (subject to hydrolysis) is 1. The molecule has 3 atom stereocenters. The van der Waals surface area contributed by atoms with Crippen LogP contribution in [0.1, 0.15) is 78.3 Å². The van der Waals surface area contributed by atoms with E-state index in [-0.39, 0.29) is 18.0 Å². The first-order valence-electron chi connectivity index (χ1n) is 11.9. The lowest BCUT2D eigenvalue weighted by Gasteiger charge is -2.35. The number of benzene rings is 1. The molecule has 9 nitrogen and oxygen atoms in total. The molecule has 4 amide bonds. The van der Waals surface area contributed by atoms with Gasteiger partial charge in [-0.3, -0.25) is 14.4 Å². The molecule has 2 rings (SSSR count). The number of amides is 4. The van der Waals surface area contributed by atoms with Crippen molar-refractivity contribution in [3.05, 3.63) is 35.9 Å². The van der Waals surface area contributed by atoms with Crippen molar-refractivity contribution in [2.45, 2.75) is 96.5 Å². The monoisotopic (exact) mass is 474 g/mol. The maximum absolute atomic E-state index is 13.8. The molecule has 0 saturated heterocycles. The molecule has 4 N–H and O–H groups in total. The Morgan fingerprint density at radius 3 is 2.24 bits per heavy atom. The van der Waals surface area contributed by atoms with Crippen molar-refractivity contribution in [3.63, 3.8) is 0 Å². The van der Waals surface area contributed by atoms with Crippen LogP contribution in [0, 0.1) is 0 Å². The Bertz CT molecular complexity index is 864. The van der Waals surface area contributed by atoms with Crippen molar-refractivity contribution < 1.29 is 23.9 Å². The summed E-state index contributed by atoms with van der Waals surface area (Å²) in [6, 6.07) is 6.63. The van der Waals surface area contributed by atoms with Gasteiger partial charge in [-0.2, -0.15) is 0 Å². The molecule has 1 fully saturated rings.